The Morgan fingerprint density at radius 2 is 1.21 bits per heavy atom. The molecule has 6 aromatic rings. The van der Waals surface area contributed by atoms with Crippen LogP contribution in [0.4, 0.5) is 0 Å². The number of nitrogens with zero attached hydrogens (tertiary/aromatic N) is 3. The topological polar surface area (TPSA) is 74.7 Å². The summed E-state index contributed by atoms with van der Waals surface area (Å²) >= 11 is 0. The van der Waals surface area contributed by atoms with Crippen LogP contribution in [0, 0.1) is 0 Å². The predicted molar refractivity (Wildman–Crippen MR) is 111 cm³/mol. The van der Waals surface area contributed by atoms with Crippen molar-refractivity contribution >= 4 is 43.9 Å². The number of nitrogens with one attached hydrogen (secondary N) is 1. The van der Waals surface area contributed by atoms with Gasteiger partial charge in [0, 0.05) is 10.8 Å². The van der Waals surface area contributed by atoms with Crippen molar-refractivity contribution in [1.82, 2.24) is 19.9 Å². The normalized spacial score (nSPS) is 11.7. The van der Waals surface area contributed by atoms with Gasteiger partial charge in [-0.15, -0.1) is 0 Å². The molecule has 0 aliphatic heterocycles. The SMILES string of the molecule is Oc1c(-c2nc3ccccc3[nH]2)c2nc3ccccc3nc2c2ccccc12. The fraction of sp³-hybridized carbons (Fsp3) is 0. The average molecular weight is 362 g/mol. The number of imidazole rings is 1. The van der Waals surface area contributed by atoms with Crippen LogP contribution in [0.15, 0.2) is 72.8 Å². The minimum absolute atomic E-state index is 0.159. The first-order valence-corrected chi connectivity index (χ1v) is 9.05. The third-order valence-corrected chi connectivity index (χ3v) is 5.11. The Balaban J connectivity index is 1.84. The Morgan fingerprint density at radius 3 is 1.96 bits per heavy atom. The third kappa shape index (κ3) is 2.04. The van der Waals surface area contributed by atoms with Gasteiger partial charge in [-0.1, -0.05) is 48.5 Å². The van der Waals surface area contributed by atoms with Crippen molar-refractivity contribution in [3.8, 4) is 17.1 Å². The van der Waals surface area contributed by atoms with Crippen molar-refractivity contribution in [3.63, 3.8) is 0 Å². The number of hydrogen-bond acceptors (Lipinski definition) is 4. The number of hydrogen-bond donors (Lipinski definition) is 2. The molecule has 0 bridgehead atoms. The van der Waals surface area contributed by atoms with Crippen molar-refractivity contribution in [1.29, 1.82) is 0 Å². The maximum absolute atomic E-state index is 11.2. The number of H-pyrrole nitrogens is 1. The highest BCUT2D eigenvalue weighted by Crippen LogP contribution is 2.41. The lowest BCUT2D eigenvalue weighted by atomic mass is 10.0. The van der Waals surface area contributed by atoms with E-state index in [9.17, 15) is 5.11 Å². The lowest BCUT2D eigenvalue weighted by molar-refractivity contribution is 0.484. The smallest absolute Gasteiger partial charge is 0.144 e. The summed E-state index contributed by atoms with van der Waals surface area (Å²) < 4.78 is 0. The quantitative estimate of drug-likeness (QED) is 0.312. The van der Waals surface area contributed by atoms with E-state index in [0.29, 0.717) is 16.9 Å². The van der Waals surface area contributed by atoms with Gasteiger partial charge in [0.1, 0.15) is 17.1 Å². The zero-order chi connectivity index (χ0) is 18.7. The van der Waals surface area contributed by atoms with Crippen LogP contribution in [0.1, 0.15) is 0 Å². The number of aromatic nitrogens is 4. The van der Waals surface area contributed by atoms with Crippen molar-refractivity contribution < 1.29 is 5.11 Å². The molecule has 5 nitrogen and oxygen atoms in total. The van der Waals surface area contributed by atoms with Gasteiger partial charge in [0.25, 0.3) is 0 Å². The molecule has 6 rings (SSSR count). The first-order chi connectivity index (χ1) is 13.8. The zero-order valence-corrected chi connectivity index (χ0v) is 14.7. The second kappa shape index (κ2) is 5.50. The first-order valence-electron chi connectivity index (χ1n) is 9.05. The van der Waals surface area contributed by atoms with Crippen LogP contribution >= 0.6 is 0 Å². The van der Waals surface area contributed by atoms with E-state index in [1.54, 1.807) is 0 Å². The van der Waals surface area contributed by atoms with Crippen LogP contribution in [0.25, 0.3) is 55.3 Å². The summed E-state index contributed by atoms with van der Waals surface area (Å²) in [7, 11) is 0. The van der Waals surface area contributed by atoms with Gasteiger partial charge in [0.15, 0.2) is 0 Å². The third-order valence-electron chi connectivity index (χ3n) is 5.11. The number of rotatable bonds is 1. The van der Waals surface area contributed by atoms with Gasteiger partial charge in [-0.05, 0) is 24.3 Å². The first kappa shape index (κ1) is 15.1. The van der Waals surface area contributed by atoms with Crippen LogP contribution in [-0.2, 0) is 0 Å². The average Bonchev–Trinajstić information content (AvgIpc) is 3.16. The number of aromatic hydroxyl groups is 1. The molecule has 0 radical (unpaired) electrons. The van der Waals surface area contributed by atoms with Crippen LogP contribution in [0.2, 0.25) is 0 Å². The van der Waals surface area contributed by atoms with Crippen molar-refractivity contribution in [2.75, 3.05) is 0 Å². The number of fused-ring (bicyclic) bond motifs is 5. The molecular weight excluding hydrogens is 348 g/mol. The van der Waals surface area contributed by atoms with Crippen molar-refractivity contribution in [3.05, 3.63) is 72.8 Å². The molecule has 0 saturated carbocycles. The Bertz CT molecular complexity index is 1500. The monoisotopic (exact) mass is 362 g/mol. The molecule has 0 amide bonds. The fourth-order valence-corrected chi connectivity index (χ4v) is 3.80. The largest absolute Gasteiger partial charge is 0.506 e. The zero-order valence-electron chi connectivity index (χ0n) is 14.7. The van der Waals surface area contributed by atoms with E-state index in [2.05, 4.69) is 4.98 Å². The van der Waals surface area contributed by atoms with Crippen molar-refractivity contribution in [2.24, 2.45) is 0 Å². The Kier molecular flexibility index (Phi) is 2.97. The van der Waals surface area contributed by atoms with Gasteiger partial charge < -0.3 is 10.1 Å². The summed E-state index contributed by atoms with van der Waals surface area (Å²) in [5.74, 6) is 0.741. The summed E-state index contributed by atoms with van der Waals surface area (Å²) in [6.45, 7) is 0. The maximum atomic E-state index is 11.2. The number of benzene rings is 4. The molecule has 2 aromatic heterocycles. The number of phenolic OH excluding ortho intramolecular Hbond substituents is 1. The van der Waals surface area contributed by atoms with Gasteiger partial charge in [0.2, 0.25) is 0 Å². The highest BCUT2D eigenvalue weighted by atomic mass is 16.3. The molecule has 0 saturated heterocycles. The Hall–Kier alpha value is -3.99. The van der Waals surface area contributed by atoms with Gasteiger partial charge in [-0.3, -0.25) is 0 Å². The van der Waals surface area contributed by atoms with Gasteiger partial charge in [-0.25, -0.2) is 15.0 Å². The van der Waals surface area contributed by atoms with Crippen molar-refractivity contribution in [2.45, 2.75) is 0 Å². The summed E-state index contributed by atoms with van der Waals surface area (Å²) in [5, 5.41) is 12.8. The van der Waals surface area contributed by atoms with Crippen LogP contribution < -0.4 is 0 Å². The van der Waals surface area contributed by atoms with E-state index < -0.39 is 0 Å². The minimum atomic E-state index is 0.159. The molecule has 2 heterocycles. The molecule has 132 valence electrons. The Morgan fingerprint density at radius 1 is 0.607 bits per heavy atom. The second-order valence-electron chi connectivity index (χ2n) is 6.78. The standard InChI is InChI=1S/C23H14N4O/c28-22-14-8-2-1-7-13(14)20-21(25-16-10-4-3-9-15(16)24-20)19(22)23-26-17-11-5-6-12-18(17)27-23/h1-12,28H,(H,26,27). The molecule has 2 N–H and O–H groups in total. The molecule has 4 aromatic carbocycles. The van der Waals surface area contributed by atoms with Crippen LogP contribution in [0.5, 0.6) is 5.75 Å². The summed E-state index contributed by atoms with van der Waals surface area (Å²) in [4.78, 5) is 17.7. The second-order valence-corrected chi connectivity index (χ2v) is 6.78. The molecule has 5 heteroatoms. The minimum Gasteiger partial charge on any atom is -0.506 e. The highest BCUT2D eigenvalue weighted by molar-refractivity contribution is 6.15. The van der Waals surface area contributed by atoms with Crippen LogP contribution in [0.3, 0.4) is 0 Å². The molecule has 0 unspecified atom stereocenters. The van der Waals surface area contributed by atoms with E-state index in [1.807, 2.05) is 72.8 Å². The van der Waals surface area contributed by atoms with Crippen LogP contribution in [-0.4, -0.2) is 25.0 Å². The van der Waals surface area contributed by atoms with E-state index in [0.717, 1.165) is 38.4 Å². The molecule has 0 spiro atoms. The number of aromatic amines is 1. The summed E-state index contributed by atoms with van der Waals surface area (Å²) in [6, 6.07) is 23.3. The van der Waals surface area contributed by atoms with E-state index in [4.69, 9.17) is 15.0 Å². The molecule has 0 fully saturated rings. The number of phenols is 1. The van der Waals surface area contributed by atoms with Gasteiger partial charge >= 0.3 is 0 Å². The lowest BCUT2D eigenvalue weighted by Gasteiger charge is -2.11. The summed E-state index contributed by atoms with van der Waals surface area (Å²) in [5.41, 5.74) is 5.31. The summed E-state index contributed by atoms with van der Waals surface area (Å²) in [6.07, 6.45) is 0. The number of para-hydroxylation sites is 4. The molecule has 0 aliphatic rings. The lowest BCUT2D eigenvalue weighted by Crippen LogP contribution is -1.94. The van der Waals surface area contributed by atoms with Gasteiger partial charge in [0.05, 0.1) is 33.1 Å². The van der Waals surface area contributed by atoms with E-state index in [1.165, 1.54) is 0 Å². The van der Waals surface area contributed by atoms with E-state index in [-0.39, 0.29) is 5.75 Å². The molecular formula is C23H14N4O. The van der Waals surface area contributed by atoms with E-state index >= 15 is 0 Å². The maximum Gasteiger partial charge on any atom is 0.144 e. The molecule has 0 atom stereocenters. The predicted octanol–water partition coefficient (Wildman–Crippen LogP) is 5.19. The molecule has 28 heavy (non-hydrogen) atoms. The molecule has 0 aliphatic carbocycles. The highest BCUT2D eigenvalue weighted by Gasteiger charge is 2.20. The Labute approximate surface area is 159 Å². The fourth-order valence-electron chi connectivity index (χ4n) is 3.80. The van der Waals surface area contributed by atoms with Gasteiger partial charge in [-0.2, -0.15) is 0 Å².